The molecular formula is C14H12F3N3O. The molecule has 1 aliphatic carbocycles. The fourth-order valence-corrected chi connectivity index (χ4v) is 2.32. The molecule has 0 saturated heterocycles. The summed E-state index contributed by atoms with van der Waals surface area (Å²) in [7, 11) is 0. The zero-order valence-electron chi connectivity index (χ0n) is 11.1. The van der Waals surface area contributed by atoms with E-state index in [1.807, 2.05) is 0 Å². The van der Waals surface area contributed by atoms with Gasteiger partial charge in [0.25, 0.3) is 0 Å². The van der Waals surface area contributed by atoms with Crippen LogP contribution >= 0.6 is 0 Å². The van der Waals surface area contributed by atoms with Gasteiger partial charge in [-0.25, -0.2) is 4.98 Å². The Morgan fingerprint density at radius 3 is 2.76 bits per heavy atom. The van der Waals surface area contributed by atoms with E-state index in [0.717, 1.165) is 6.08 Å². The predicted octanol–water partition coefficient (Wildman–Crippen LogP) is 3.22. The Morgan fingerprint density at radius 2 is 2.10 bits per heavy atom. The van der Waals surface area contributed by atoms with Gasteiger partial charge >= 0.3 is 6.18 Å². The van der Waals surface area contributed by atoms with Crippen LogP contribution in [0.25, 0.3) is 11.2 Å². The van der Waals surface area contributed by atoms with E-state index in [1.54, 1.807) is 19.1 Å². The number of rotatable bonds is 1. The average molecular weight is 295 g/mol. The van der Waals surface area contributed by atoms with E-state index in [4.69, 9.17) is 10.2 Å². The van der Waals surface area contributed by atoms with E-state index >= 15 is 0 Å². The SMILES string of the molecule is CC1(c2nc3ncccc3o2)CC(C(F)(F)F)=CC=C1N. The molecule has 0 radical (unpaired) electrons. The Labute approximate surface area is 118 Å². The molecule has 4 nitrogen and oxygen atoms in total. The van der Waals surface area contributed by atoms with Crippen molar-refractivity contribution in [3.05, 3.63) is 47.6 Å². The number of hydrogen-bond acceptors (Lipinski definition) is 4. The highest BCUT2D eigenvalue weighted by Crippen LogP contribution is 2.43. The van der Waals surface area contributed by atoms with Crippen molar-refractivity contribution < 1.29 is 17.6 Å². The lowest BCUT2D eigenvalue weighted by atomic mass is 9.77. The fraction of sp³-hybridized carbons (Fsp3) is 0.286. The van der Waals surface area contributed by atoms with Gasteiger partial charge < -0.3 is 10.2 Å². The molecule has 21 heavy (non-hydrogen) atoms. The maximum atomic E-state index is 12.9. The van der Waals surface area contributed by atoms with Crippen LogP contribution in [-0.4, -0.2) is 16.1 Å². The molecule has 110 valence electrons. The van der Waals surface area contributed by atoms with Gasteiger partial charge in [0.15, 0.2) is 11.2 Å². The summed E-state index contributed by atoms with van der Waals surface area (Å²) in [6.45, 7) is 1.59. The Bertz CT molecular complexity index is 727. The molecule has 1 unspecified atom stereocenters. The molecule has 0 spiro atoms. The number of oxazole rings is 1. The van der Waals surface area contributed by atoms with Crippen molar-refractivity contribution in [3.8, 4) is 0 Å². The van der Waals surface area contributed by atoms with Gasteiger partial charge in [-0.2, -0.15) is 18.2 Å². The van der Waals surface area contributed by atoms with Gasteiger partial charge in [0.05, 0.1) is 5.41 Å². The normalized spacial score (nSPS) is 23.0. The Balaban J connectivity index is 2.08. The molecule has 1 atom stereocenters. The summed E-state index contributed by atoms with van der Waals surface area (Å²) in [5.74, 6) is 0.139. The van der Waals surface area contributed by atoms with E-state index in [9.17, 15) is 13.2 Å². The topological polar surface area (TPSA) is 64.9 Å². The molecule has 7 heteroatoms. The predicted molar refractivity (Wildman–Crippen MR) is 70.2 cm³/mol. The highest BCUT2D eigenvalue weighted by Gasteiger charge is 2.45. The first-order valence-electron chi connectivity index (χ1n) is 6.27. The van der Waals surface area contributed by atoms with Crippen LogP contribution in [0.1, 0.15) is 19.2 Å². The standard InChI is InChI=1S/C14H12F3N3O/c1-13(7-8(14(15,16)17)4-5-10(13)18)12-20-11-9(21-12)3-2-6-19-11/h2-6H,7,18H2,1H3. The molecular weight excluding hydrogens is 283 g/mol. The molecule has 3 rings (SSSR count). The molecule has 0 saturated carbocycles. The van der Waals surface area contributed by atoms with Gasteiger partial charge in [0.1, 0.15) is 0 Å². The molecule has 1 aliphatic rings. The molecule has 0 aromatic carbocycles. The second kappa shape index (κ2) is 4.34. The van der Waals surface area contributed by atoms with Crippen LogP contribution < -0.4 is 5.73 Å². The lowest BCUT2D eigenvalue weighted by Crippen LogP contribution is -2.35. The first-order valence-corrected chi connectivity index (χ1v) is 6.27. The summed E-state index contributed by atoms with van der Waals surface area (Å²) < 4.78 is 44.3. The minimum Gasteiger partial charge on any atom is -0.438 e. The minimum atomic E-state index is -4.40. The van der Waals surface area contributed by atoms with Gasteiger partial charge in [-0.1, -0.05) is 6.08 Å². The number of nitrogens with zero attached hydrogens (tertiary/aromatic N) is 2. The Kier molecular flexibility index (Phi) is 2.82. The molecule has 2 N–H and O–H groups in total. The van der Waals surface area contributed by atoms with Crippen molar-refractivity contribution in [3.63, 3.8) is 0 Å². The number of aromatic nitrogens is 2. The van der Waals surface area contributed by atoms with Crippen molar-refractivity contribution in [2.75, 3.05) is 0 Å². The number of alkyl halides is 3. The van der Waals surface area contributed by atoms with E-state index < -0.39 is 17.2 Å². The van der Waals surface area contributed by atoms with Crippen molar-refractivity contribution in [1.82, 2.24) is 9.97 Å². The molecule has 2 aromatic rings. The molecule has 0 bridgehead atoms. The quantitative estimate of drug-likeness (QED) is 0.877. The van der Waals surface area contributed by atoms with Crippen molar-refractivity contribution in [2.24, 2.45) is 5.73 Å². The van der Waals surface area contributed by atoms with E-state index in [2.05, 4.69) is 9.97 Å². The van der Waals surface area contributed by atoms with Crippen molar-refractivity contribution >= 4 is 11.2 Å². The summed E-state index contributed by atoms with van der Waals surface area (Å²) in [4.78, 5) is 8.20. The second-order valence-corrected chi connectivity index (χ2v) is 5.16. The highest BCUT2D eigenvalue weighted by molar-refractivity contribution is 5.67. The van der Waals surface area contributed by atoms with Gasteiger partial charge in [0, 0.05) is 17.5 Å². The van der Waals surface area contributed by atoms with Crippen LogP contribution in [0.4, 0.5) is 13.2 Å². The fourth-order valence-electron chi connectivity index (χ4n) is 2.32. The summed E-state index contributed by atoms with van der Waals surface area (Å²) in [5, 5.41) is 0. The first kappa shape index (κ1) is 13.7. The maximum Gasteiger partial charge on any atom is 0.412 e. The smallest absolute Gasteiger partial charge is 0.412 e. The third-order valence-corrected chi connectivity index (χ3v) is 3.65. The number of nitrogens with two attached hydrogens (primary N) is 1. The first-order chi connectivity index (χ1) is 9.80. The number of allylic oxidation sites excluding steroid dienone is 4. The average Bonchev–Trinajstić information content (AvgIpc) is 2.85. The van der Waals surface area contributed by atoms with Gasteiger partial charge in [-0.05, 0) is 31.6 Å². The Hall–Kier alpha value is -2.31. The molecule has 2 heterocycles. The van der Waals surface area contributed by atoms with Gasteiger partial charge in [-0.3, -0.25) is 0 Å². The van der Waals surface area contributed by atoms with Crippen molar-refractivity contribution in [2.45, 2.75) is 24.9 Å². The lowest BCUT2D eigenvalue weighted by Gasteiger charge is -2.31. The second-order valence-electron chi connectivity index (χ2n) is 5.16. The summed E-state index contributed by atoms with van der Waals surface area (Å²) in [6, 6.07) is 3.33. The molecule has 0 fully saturated rings. The maximum absolute atomic E-state index is 12.9. The number of halogens is 3. The third kappa shape index (κ3) is 2.18. The lowest BCUT2D eigenvalue weighted by molar-refractivity contribution is -0.0958. The van der Waals surface area contributed by atoms with E-state index in [-0.39, 0.29) is 18.0 Å². The summed E-state index contributed by atoms with van der Waals surface area (Å²) >= 11 is 0. The molecule has 0 aliphatic heterocycles. The molecule has 0 amide bonds. The highest BCUT2D eigenvalue weighted by atomic mass is 19.4. The van der Waals surface area contributed by atoms with Crippen molar-refractivity contribution in [1.29, 1.82) is 0 Å². The summed E-state index contributed by atoms with van der Waals surface area (Å²) in [5.41, 5.74) is 5.16. The number of pyridine rings is 1. The Morgan fingerprint density at radius 1 is 1.33 bits per heavy atom. The van der Waals surface area contributed by atoms with Crippen LogP contribution in [0.2, 0.25) is 0 Å². The largest absolute Gasteiger partial charge is 0.438 e. The zero-order valence-corrected chi connectivity index (χ0v) is 11.1. The van der Waals surface area contributed by atoms with Crippen LogP contribution in [0, 0.1) is 0 Å². The number of hydrogen-bond donors (Lipinski definition) is 1. The van der Waals surface area contributed by atoms with Crippen LogP contribution in [0.5, 0.6) is 0 Å². The monoisotopic (exact) mass is 295 g/mol. The van der Waals surface area contributed by atoms with Crippen LogP contribution in [-0.2, 0) is 5.41 Å². The third-order valence-electron chi connectivity index (χ3n) is 3.65. The van der Waals surface area contributed by atoms with E-state index in [1.165, 1.54) is 12.3 Å². The number of fused-ring (bicyclic) bond motifs is 1. The van der Waals surface area contributed by atoms with Crippen LogP contribution in [0.3, 0.4) is 0 Å². The molecule has 2 aromatic heterocycles. The minimum absolute atomic E-state index is 0.139. The van der Waals surface area contributed by atoms with E-state index in [0.29, 0.717) is 11.2 Å². The van der Waals surface area contributed by atoms with Gasteiger partial charge in [0.2, 0.25) is 5.89 Å². The van der Waals surface area contributed by atoms with Crippen LogP contribution in [0.15, 0.2) is 46.2 Å². The zero-order chi connectivity index (χ0) is 15.3. The summed E-state index contributed by atoms with van der Waals surface area (Å²) in [6.07, 6.45) is -0.918. The van der Waals surface area contributed by atoms with Gasteiger partial charge in [-0.15, -0.1) is 0 Å².